The van der Waals surface area contributed by atoms with Crippen LogP contribution in [0.15, 0.2) is 28.9 Å². The van der Waals surface area contributed by atoms with Gasteiger partial charge in [-0.1, -0.05) is 109 Å². The molecule has 0 bridgehead atoms. The Kier molecular flexibility index (Phi) is 21.6. The van der Waals surface area contributed by atoms with Crippen LogP contribution in [0, 0.1) is 16.0 Å². The average molecular weight is 660 g/mol. The van der Waals surface area contributed by atoms with Gasteiger partial charge in [0, 0.05) is 24.9 Å². The van der Waals surface area contributed by atoms with E-state index in [0.717, 1.165) is 90.0 Å². The third-order valence-corrected chi connectivity index (χ3v) is 9.02. The van der Waals surface area contributed by atoms with Gasteiger partial charge in [0.15, 0.2) is 5.52 Å². The number of nitrogens with zero attached hydrogens (tertiary/aromatic N) is 3. The number of rotatable bonds is 30. The summed E-state index contributed by atoms with van der Waals surface area (Å²) in [6, 6.07) is 2.46. The second-order valence-electron chi connectivity index (χ2n) is 13.0. The number of aliphatic hydroxyl groups is 2. The molecule has 0 saturated heterocycles. The van der Waals surface area contributed by atoms with Crippen LogP contribution in [0.5, 0.6) is 0 Å². The van der Waals surface area contributed by atoms with Crippen LogP contribution in [0.25, 0.3) is 11.0 Å². The lowest BCUT2D eigenvalue weighted by molar-refractivity contribution is -0.383. The van der Waals surface area contributed by atoms with Crippen LogP contribution in [-0.4, -0.2) is 56.5 Å². The van der Waals surface area contributed by atoms with Crippen LogP contribution in [0.4, 0.5) is 11.4 Å². The number of hydrogen-bond acceptors (Lipinski definition) is 10. The van der Waals surface area contributed by atoms with Crippen LogP contribution in [0.2, 0.25) is 0 Å². The van der Waals surface area contributed by atoms with Gasteiger partial charge in [-0.05, 0) is 54.9 Å². The number of unbranched alkanes of at least 4 members (excludes halogenated alkanes) is 15. The SMILES string of the molecule is CCCCCCC(CCCCCCC=CC(O)C(N)CO)C(=O)CCCCCCCCCCCNc1ccc([N+](=O)[O-])c2nonc12. The summed E-state index contributed by atoms with van der Waals surface area (Å²) in [7, 11) is 0. The molecule has 1 aromatic carbocycles. The van der Waals surface area contributed by atoms with Gasteiger partial charge in [0.05, 0.1) is 29.4 Å². The molecule has 11 heteroatoms. The van der Waals surface area contributed by atoms with E-state index in [2.05, 4.69) is 22.6 Å². The zero-order valence-electron chi connectivity index (χ0n) is 28.8. The molecule has 11 nitrogen and oxygen atoms in total. The number of non-ortho nitro benzene ring substituents is 1. The Morgan fingerprint density at radius 1 is 0.915 bits per heavy atom. The minimum absolute atomic E-state index is 0.106. The monoisotopic (exact) mass is 659 g/mol. The van der Waals surface area contributed by atoms with Crippen molar-refractivity contribution < 1.29 is 24.6 Å². The lowest BCUT2D eigenvalue weighted by Crippen LogP contribution is -2.36. The van der Waals surface area contributed by atoms with Gasteiger partial charge >= 0.3 is 5.69 Å². The number of nitro benzene ring substituents is 1. The topological polar surface area (TPSA) is 178 Å². The molecule has 2 rings (SSSR count). The zero-order chi connectivity index (χ0) is 34.1. The summed E-state index contributed by atoms with van der Waals surface area (Å²) >= 11 is 0. The lowest BCUT2D eigenvalue weighted by Gasteiger charge is -2.16. The number of benzene rings is 1. The van der Waals surface area contributed by atoms with Crippen molar-refractivity contribution in [2.24, 2.45) is 11.7 Å². The molecule has 266 valence electrons. The Morgan fingerprint density at radius 3 is 2.17 bits per heavy atom. The first-order valence-electron chi connectivity index (χ1n) is 18.3. The van der Waals surface area contributed by atoms with E-state index in [1.165, 1.54) is 57.4 Å². The molecule has 0 fully saturated rings. The number of nitrogens with two attached hydrogens (primary N) is 1. The highest BCUT2D eigenvalue weighted by Crippen LogP contribution is 2.29. The number of nitrogens with one attached hydrogen (secondary N) is 1. The van der Waals surface area contributed by atoms with Gasteiger partial charge in [-0.3, -0.25) is 14.9 Å². The van der Waals surface area contributed by atoms with Gasteiger partial charge < -0.3 is 21.3 Å². The summed E-state index contributed by atoms with van der Waals surface area (Å²) in [6.07, 6.45) is 26.0. The number of hydrogen-bond donors (Lipinski definition) is 4. The Morgan fingerprint density at radius 2 is 1.51 bits per heavy atom. The number of carbonyl (C=O) groups is 1. The lowest BCUT2D eigenvalue weighted by atomic mass is 9.88. The van der Waals surface area contributed by atoms with Crippen LogP contribution in [-0.2, 0) is 4.79 Å². The number of carbonyl (C=O) groups excluding carboxylic acids is 1. The number of fused-ring (bicyclic) bond motifs is 1. The molecular formula is C36H61N5O6. The summed E-state index contributed by atoms with van der Waals surface area (Å²) < 4.78 is 4.71. The minimum Gasteiger partial charge on any atom is -0.395 e. The standard InChI is InChI=1S/C36H61N5O6/c1-2-3-4-16-21-29(22-17-12-9-10-14-19-24-34(44)30(37)28-42)33(43)23-18-13-8-6-5-7-11-15-20-27-38-31-25-26-32(41(45)46)36-35(31)39-47-40-36/h19,24-26,29-30,34,38,42,44H,2-18,20-23,27-28,37H2,1H3. The fourth-order valence-corrected chi connectivity index (χ4v) is 6.01. The third kappa shape index (κ3) is 16.7. The van der Waals surface area contributed by atoms with E-state index in [-0.39, 0.29) is 23.7 Å². The van der Waals surface area contributed by atoms with E-state index in [1.54, 1.807) is 12.1 Å². The summed E-state index contributed by atoms with van der Waals surface area (Å²) in [6.45, 7) is 2.76. The number of allylic oxidation sites excluding steroid dienone is 1. The second kappa shape index (κ2) is 25.2. The van der Waals surface area contributed by atoms with E-state index in [1.807, 2.05) is 6.08 Å². The van der Waals surface area contributed by atoms with Crippen molar-refractivity contribution in [3.05, 3.63) is 34.4 Å². The molecule has 1 heterocycles. The molecule has 1 aromatic heterocycles. The number of nitro groups is 1. The number of aromatic nitrogens is 2. The molecule has 0 aliphatic carbocycles. The van der Waals surface area contributed by atoms with Crippen molar-refractivity contribution in [1.29, 1.82) is 0 Å². The smallest absolute Gasteiger partial charge is 0.300 e. The summed E-state index contributed by atoms with van der Waals surface area (Å²) in [5, 5.41) is 40.7. The first-order chi connectivity index (χ1) is 22.9. The van der Waals surface area contributed by atoms with Crippen LogP contribution >= 0.6 is 0 Å². The number of anilines is 1. The van der Waals surface area contributed by atoms with Crippen molar-refractivity contribution in [1.82, 2.24) is 10.3 Å². The Labute approximate surface area is 281 Å². The maximum atomic E-state index is 13.1. The van der Waals surface area contributed by atoms with E-state index in [0.29, 0.717) is 17.0 Å². The zero-order valence-corrected chi connectivity index (χ0v) is 28.8. The molecule has 0 amide bonds. The molecule has 0 aliphatic rings. The number of Topliss-reactive ketones (excluding diaryl/α,β-unsaturated/α-hetero) is 1. The maximum absolute atomic E-state index is 13.1. The number of aliphatic hydroxyl groups excluding tert-OH is 2. The summed E-state index contributed by atoms with van der Waals surface area (Å²) in [4.78, 5) is 23.7. The molecule has 3 atom stereocenters. The van der Waals surface area contributed by atoms with Gasteiger partial charge in [-0.2, -0.15) is 0 Å². The maximum Gasteiger partial charge on any atom is 0.300 e. The van der Waals surface area contributed by atoms with E-state index in [9.17, 15) is 20.0 Å². The van der Waals surface area contributed by atoms with Crippen molar-refractivity contribution in [3.8, 4) is 0 Å². The van der Waals surface area contributed by atoms with Crippen LogP contribution < -0.4 is 11.1 Å². The Bertz CT molecular complexity index is 1160. The van der Waals surface area contributed by atoms with Crippen molar-refractivity contribution in [2.45, 2.75) is 154 Å². The van der Waals surface area contributed by atoms with E-state index in [4.69, 9.17) is 15.5 Å². The summed E-state index contributed by atoms with van der Waals surface area (Å²) in [5.74, 6) is 0.692. The molecule has 2 aromatic rings. The molecule has 0 saturated carbocycles. The van der Waals surface area contributed by atoms with Crippen molar-refractivity contribution in [3.63, 3.8) is 0 Å². The highest BCUT2D eigenvalue weighted by Gasteiger charge is 2.19. The minimum atomic E-state index is -0.796. The van der Waals surface area contributed by atoms with Gasteiger partial charge in [0.2, 0.25) is 5.52 Å². The first-order valence-corrected chi connectivity index (χ1v) is 18.3. The third-order valence-electron chi connectivity index (χ3n) is 9.02. The van der Waals surface area contributed by atoms with Gasteiger partial charge in [-0.15, -0.1) is 0 Å². The van der Waals surface area contributed by atoms with E-state index < -0.39 is 17.1 Å². The molecule has 5 N–H and O–H groups in total. The highest BCUT2D eigenvalue weighted by molar-refractivity contribution is 5.93. The van der Waals surface area contributed by atoms with Crippen molar-refractivity contribution in [2.75, 3.05) is 18.5 Å². The molecule has 0 radical (unpaired) electrons. The summed E-state index contributed by atoms with van der Waals surface area (Å²) in [5.41, 5.74) is 6.77. The normalized spacial score (nSPS) is 13.7. The molecule has 3 unspecified atom stereocenters. The largest absolute Gasteiger partial charge is 0.395 e. The van der Waals surface area contributed by atoms with E-state index >= 15 is 0 Å². The molecule has 0 aliphatic heterocycles. The molecule has 47 heavy (non-hydrogen) atoms. The molecule has 0 spiro atoms. The fourth-order valence-electron chi connectivity index (χ4n) is 6.01. The quantitative estimate of drug-likeness (QED) is 0.0277. The predicted molar refractivity (Wildman–Crippen MR) is 188 cm³/mol. The predicted octanol–water partition coefficient (Wildman–Crippen LogP) is 8.18. The fraction of sp³-hybridized carbons (Fsp3) is 0.750. The highest BCUT2D eigenvalue weighted by atomic mass is 16.6. The van der Waals surface area contributed by atoms with Crippen molar-refractivity contribution >= 4 is 28.2 Å². The van der Waals surface area contributed by atoms with Gasteiger partial charge in [0.25, 0.3) is 0 Å². The Balaban J connectivity index is 1.51. The second-order valence-corrected chi connectivity index (χ2v) is 13.0. The van der Waals surface area contributed by atoms with Gasteiger partial charge in [0.1, 0.15) is 5.78 Å². The number of ketones is 1. The first kappa shape index (κ1) is 40.3. The van der Waals surface area contributed by atoms with Crippen LogP contribution in [0.3, 0.4) is 0 Å². The van der Waals surface area contributed by atoms with Crippen LogP contribution in [0.1, 0.15) is 142 Å². The Hall–Kier alpha value is -2.89. The molecular weight excluding hydrogens is 598 g/mol. The average Bonchev–Trinajstić information content (AvgIpc) is 3.57. The van der Waals surface area contributed by atoms with Gasteiger partial charge in [-0.25, -0.2) is 4.63 Å².